The van der Waals surface area contributed by atoms with E-state index in [0.29, 0.717) is 49.9 Å². The lowest BCUT2D eigenvalue weighted by molar-refractivity contribution is -0.143. The second-order valence-corrected chi connectivity index (χ2v) is 9.99. The predicted octanol–water partition coefficient (Wildman–Crippen LogP) is 3.34. The molecule has 4 rings (SSSR count). The summed E-state index contributed by atoms with van der Waals surface area (Å²) >= 11 is 0. The van der Waals surface area contributed by atoms with Gasteiger partial charge in [0.1, 0.15) is 23.9 Å². The summed E-state index contributed by atoms with van der Waals surface area (Å²) in [6.45, 7) is 7.58. The Bertz CT molecular complexity index is 1180. The lowest BCUT2D eigenvalue weighted by Gasteiger charge is -2.31. The van der Waals surface area contributed by atoms with Crippen LogP contribution in [-0.4, -0.2) is 92.5 Å². The van der Waals surface area contributed by atoms with Crippen molar-refractivity contribution in [1.82, 2.24) is 14.8 Å². The Hall–Kier alpha value is -3.50. The highest BCUT2D eigenvalue weighted by Gasteiger charge is 2.35. The number of hydrazone groups is 1. The average Bonchev–Trinajstić information content (AvgIpc) is 3.40. The van der Waals surface area contributed by atoms with Crippen LogP contribution in [0.3, 0.4) is 0 Å². The van der Waals surface area contributed by atoms with Crippen molar-refractivity contribution in [3.63, 3.8) is 0 Å². The van der Waals surface area contributed by atoms with Crippen molar-refractivity contribution in [3.05, 3.63) is 59.4 Å². The van der Waals surface area contributed by atoms with Crippen LogP contribution in [0.25, 0.3) is 0 Å². The molecule has 2 aliphatic heterocycles. The SMILES string of the molecule is COc1ccc(C2=NN(C(=O)CN(CCN3CCOCC3)C(=O)C(C)C)[C@@H](c3ccc(F)cc3)C2)c(OC)c1. The van der Waals surface area contributed by atoms with Gasteiger partial charge in [0.05, 0.1) is 39.2 Å². The summed E-state index contributed by atoms with van der Waals surface area (Å²) in [7, 11) is 3.15. The van der Waals surface area contributed by atoms with Crippen molar-refractivity contribution in [2.24, 2.45) is 11.0 Å². The standard InChI is InChI=1S/C29H37FN4O5/c1-20(2)29(36)33(12-11-32-13-15-39-16-14-32)19-28(35)34-26(21-5-7-22(30)8-6-21)18-25(31-34)24-10-9-23(37-3)17-27(24)38-4/h5-10,17,20,26H,11-16,18-19H2,1-4H3/t26-/m1/s1. The molecule has 210 valence electrons. The fourth-order valence-corrected chi connectivity index (χ4v) is 4.84. The molecule has 0 radical (unpaired) electrons. The number of hydrogen-bond acceptors (Lipinski definition) is 7. The molecule has 0 bridgehead atoms. The van der Waals surface area contributed by atoms with E-state index >= 15 is 0 Å². The first-order valence-electron chi connectivity index (χ1n) is 13.3. The van der Waals surface area contributed by atoms with Gasteiger partial charge in [-0.1, -0.05) is 26.0 Å². The minimum absolute atomic E-state index is 0.0878. The van der Waals surface area contributed by atoms with E-state index in [1.807, 2.05) is 26.0 Å². The fraction of sp³-hybridized carbons (Fsp3) is 0.483. The number of nitrogens with zero attached hydrogens (tertiary/aromatic N) is 4. The van der Waals surface area contributed by atoms with Gasteiger partial charge in [-0.2, -0.15) is 5.10 Å². The third-order valence-corrected chi connectivity index (χ3v) is 7.06. The van der Waals surface area contributed by atoms with Crippen LogP contribution in [0.4, 0.5) is 4.39 Å². The number of morpholine rings is 1. The van der Waals surface area contributed by atoms with Crippen LogP contribution >= 0.6 is 0 Å². The van der Waals surface area contributed by atoms with Crippen LogP contribution < -0.4 is 9.47 Å². The number of amides is 2. The largest absolute Gasteiger partial charge is 0.497 e. The number of halogens is 1. The van der Waals surface area contributed by atoms with Crippen LogP contribution in [0.2, 0.25) is 0 Å². The number of rotatable bonds is 10. The number of methoxy groups -OCH3 is 2. The lowest BCUT2D eigenvalue weighted by atomic mass is 9.97. The molecule has 2 heterocycles. The van der Waals surface area contributed by atoms with Gasteiger partial charge in [0.25, 0.3) is 5.91 Å². The molecule has 0 saturated carbocycles. The van der Waals surface area contributed by atoms with E-state index < -0.39 is 6.04 Å². The van der Waals surface area contributed by atoms with Crippen molar-refractivity contribution < 1.29 is 28.2 Å². The maximum Gasteiger partial charge on any atom is 0.262 e. The zero-order valence-corrected chi connectivity index (χ0v) is 23.1. The maximum absolute atomic E-state index is 13.8. The number of carbonyl (C=O) groups excluding carboxylic acids is 2. The third kappa shape index (κ3) is 6.93. The molecule has 1 fully saturated rings. The summed E-state index contributed by atoms with van der Waals surface area (Å²) < 4.78 is 30.1. The van der Waals surface area contributed by atoms with E-state index in [2.05, 4.69) is 4.90 Å². The summed E-state index contributed by atoms with van der Waals surface area (Å²) in [6.07, 6.45) is 0.409. The normalized spacial score (nSPS) is 17.7. The Morgan fingerprint density at radius 3 is 2.46 bits per heavy atom. The first-order valence-corrected chi connectivity index (χ1v) is 13.3. The Morgan fingerprint density at radius 1 is 1.10 bits per heavy atom. The summed E-state index contributed by atoms with van der Waals surface area (Å²) in [5.74, 6) is 0.210. The topological polar surface area (TPSA) is 83.9 Å². The van der Waals surface area contributed by atoms with Gasteiger partial charge in [-0.3, -0.25) is 14.5 Å². The molecule has 2 aromatic rings. The Morgan fingerprint density at radius 2 is 1.82 bits per heavy atom. The molecular formula is C29H37FN4O5. The van der Waals surface area contributed by atoms with Crippen molar-refractivity contribution in [2.75, 3.05) is 60.2 Å². The van der Waals surface area contributed by atoms with Gasteiger partial charge >= 0.3 is 0 Å². The van der Waals surface area contributed by atoms with Gasteiger partial charge in [-0.25, -0.2) is 9.40 Å². The number of carbonyl (C=O) groups is 2. The van der Waals surface area contributed by atoms with E-state index in [0.717, 1.165) is 24.2 Å². The molecule has 2 amide bonds. The van der Waals surface area contributed by atoms with E-state index in [4.69, 9.17) is 19.3 Å². The van der Waals surface area contributed by atoms with Crippen LogP contribution in [0, 0.1) is 11.7 Å². The summed E-state index contributed by atoms with van der Waals surface area (Å²) in [5, 5.41) is 6.16. The first kappa shape index (κ1) is 28.5. The second kappa shape index (κ2) is 13.0. The van der Waals surface area contributed by atoms with Crippen LogP contribution in [0.5, 0.6) is 11.5 Å². The van der Waals surface area contributed by atoms with Crippen molar-refractivity contribution >= 4 is 17.5 Å². The highest BCUT2D eigenvalue weighted by molar-refractivity contribution is 6.05. The summed E-state index contributed by atoms with van der Waals surface area (Å²) in [4.78, 5) is 30.7. The van der Waals surface area contributed by atoms with E-state index in [1.165, 1.54) is 17.1 Å². The fourth-order valence-electron chi connectivity index (χ4n) is 4.84. The average molecular weight is 541 g/mol. The summed E-state index contributed by atoms with van der Waals surface area (Å²) in [6, 6.07) is 11.1. The monoisotopic (exact) mass is 540 g/mol. The molecule has 1 atom stereocenters. The van der Waals surface area contributed by atoms with Gasteiger partial charge in [-0.15, -0.1) is 0 Å². The molecule has 10 heteroatoms. The molecule has 0 aromatic heterocycles. The predicted molar refractivity (Wildman–Crippen MR) is 145 cm³/mol. The van der Waals surface area contributed by atoms with Gasteiger partial charge in [-0.05, 0) is 29.8 Å². The van der Waals surface area contributed by atoms with Crippen molar-refractivity contribution in [3.8, 4) is 11.5 Å². The van der Waals surface area contributed by atoms with E-state index in [1.54, 1.807) is 37.3 Å². The van der Waals surface area contributed by atoms with Gasteiger partial charge < -0.3 is 19.1 Å². The van der Waals surface area contributed by atoms with E-state index in [-0.39, 0.29) is 30.1 Å². The van der Waals surface area contributed by atoms with E-state index in [9.17, 15) is 14.0 Å². The number of ether oxygens (including phenoxy) is 3. The molecule has 2 aromatic carbocycles. The highest BCUT2D eigenvalue weighted by Crippen LogP contribution is 2.36. The molecule has 39 heavy (non-hydrogen) atoms. The molecule has 2 aliphatic rings. The van der Waals surface area contributed by atoms with Crippen LogP contribution in [0.1, 0.15) is 37.4 Å². The Balaban J connectivity index is 1.61. The third-order valence-electron chi connectivity index (χ3n) is 7.06. The molecule has 0 aliphatic carbocycles. The molecule has 1 saturated heterocycles. The zero-order valence-electron chi connectivity index (χ0n) is 23.1. The zero-order chi connectivity index (χ0) is 27.9. The molecule has 0 N–H and O–H groups in total. The molecule has 9 nitrogen and oxygen atoms in total. The number of hydrogen-bond donors (Lipinski definition) is 0. The lowest BCUT2D eigenvalue weighted by Crippen LogP contribution is -2.47. The van der Waals surface area contributed by atoms with Gasteiger partial charge in [0.2, 0.25) is 5.91 Å². The van der Waals surface area contributed by atoms with Crippen molar-refractivity contribution in [1.29, 1.82) is 0 Å². The number of benzene rings is 2. The van der Waals surface area contributed by atoms with Crippen LogP contribution in [0.15, 0.2) is 47.6 Å². The smallest absolute Gasteiger partial charge is 0.262 e. The Labute approximate surface area is 229 Å². The minimum Gasteiger partial charge on any atom is -0.497 e. The quantitative estimate of drug-likeness (QED) is 0.460. The Kier molecular flexibility index (Phi) is 9.53. The highest BCUT2D eigenvalue weighted by atomic mass is 19.1. The molecule has 0 spiro atoms. The minimum atomic E-state index is -0.449. The van der Waals surface area contributed by atoms with Gasteiger partial charge in [0, 0.05) is 50.1 Å². The second-order valence-electron chi connectivity index (χ2n) is 9.99. The van der Waals surface area contributed by atoms with Gasteiger partial charge in [0.15, 0.2) is 0 Å². The molecule has 0 unspecified atom stereocenters. The maximum atomic E-state index is 13.8. The van der Waals surface area contributed by atoms with Crippen LogP contribution in [-0.2, 0) is 14.3 Å². The van der Waals surface area contributed by atoms with Crippen molar-refractivity contribution in [2.45, 2.75) is 26.3 Å². The molecular weight excluding hydrogens is 503 g/mol. The summed E-state index contributed by atoms with van der Waals surface area (Å²) in [5.41, 5.74) is 2.15. The first-order chi connectivity index (χ1) is 18.8.